The Labute approximate surface area is 105 Å². The first-order valence-corrected chi connectivity index (χ1v) is 5.76. The van der Waals surface area contributed by atoms with Crippen molar-refractivity contribution < 1.29 is 0 Å². The minimum Gasteiger partial charge on any atom is -0.361 e. The van der Waals surface area contributed by atoms with Crippen LogP contribution in [0.3, 0.4) is 0 Å². The third-order valence-electron chi connectivity index (χ3n) is 3.03. The molecule has 3 heteroatoms. The molecule has 2 aromatic heterocycles. The first-order chi connectivity index (χ1) is 8.88. The van der Waals surface area contributed by atoms with Gasteiger partial charge in [-0.1, -0.05) is 12.1 Å². The molecule has 0 saturated heterocycles. The Bertz CT molecular complexity index is 720. The molecule has 1 N–H and O–H groups in total. The Kier molecular flexibility index (Phi) is 2.54. The van der Waals surface area contributed by atoms with E-state index >= 15 is 0 Å². The summed E-state index contributed by atoms with van der Waals surface area (Å²) in [6, 6.07) is 12.4. The summed E-state index contributed by atoms with van der Waals surface area (Å²) >= 11 is 0. The molecule has 0 aliphatic heterocycles. The number of pyridine rings is 1. The van der Waals surface area contributed by atoms with Crippen molar-refractivity contribution in [1.82, 2.24) is 9.97 Å². The van der Waals surface area contributed by atoms with Crippen LogP contribution >= 0.6 is 0 Å². The highest BCUT2D eigenvalue weighted by atomic mass is 14.7. The van der Waals surface area contributed by atoms with Gasteiger partial charge in [-0.15, -0.1) is 0 Å². The Morgan fingerprint density at radius 2 is 2.17 bits per heavy atom. The van der Waals surface area contributed by atoms with Crippen LogP contribution in [0.5, 0.6) is 0 Å². The Morgan fingerprint density at radius 1 is 1.22 bits per heavy atom. The highest BCUT2D eigenvalue weighted by Gasteiger charge is 2.05. The smallest absolute Gasteiger partial charge is 0.0670 e. The van der Waals surface area contributed by atoms with Gasteiger partial charge in [0.15, 0.2) is 0 Å². The number of H-pyrrole nitrogens is 1. The third-order valence-corrected chi connectivity index (χ3v) is 3.03. The molecule has 0 aliphatic rings. The van der Waals surface area contributed by atoms with Gasteiger partial charge in [-0.2, -0.15) is 5.26 Å². The molecule has 1 aromatic carbocycles. The van der Waals surface area contributed by atoms with E-state index < -0.39 is 0 Å². The van der Waals surface area contributed by atoms with Crippen LogP contribution in [0.2, 0.25) is 0 Å². The van der Waals surface area contributed by atoms with Gasteiger partial charge in [0.05, 0.1) is 12.5 Å². The van der Waals surface area contributed by atoms with Crippen LogP contribution in [0.1, 0.15) is 5.56 Å². The second kappa shape index (κ2) is 4.34. The number of hydrogen-bond donors (Lipinski definition) is 1. The van der Waals surface area contributed by atoms with E-state index in [2.05, 4.69) is 28.2 Å². The molecule has 3 nitrogen and oxygen atoms in total. The quantitative estimate of drug-likeness (QED) is 0.738. The number of nitrogens with zero attached hydrogens (tertiary/aromatic N) is 2. The van der Waals surface area contributed by atoms with E-state index in [0.717, 1.165) is 27.6 Å². The number of rotatable bonds is 2. The lowest BCUT2D eigenvalue weighted by Gasteiger charge is -2.01. The topological polar surface area (TPSA) is 52.5 Å². The predicted molar refractivity (Wildman–Crippen MR) is 70.8 cm³/mol. The van der Waals surface area contributed by atoms with Crippen molar-refractivity contribution in [3.8, 4) is 17.2 Å². The van der Waals surface area contributed by atoms with E-state index in [1.54, 1.807) is 6.20 Å². The largest absolute Gasteiger partial charge is 0.361 e. The predicted octanol–water partition coefficient (Wildman–Crippen LogP) is 3.30. The molecule has 0 saturated carbocycles. The van der Waals surface area contributed by atoms with Crippen LogP contribution in [0.4, 0.5) is 0 Å². The molecule has 0 fully saturated rings. The molecule has 3 aromatic rings. The molecule has 86 valence electrons. The number of benzene rings is 1. The van der Waals surface area contributed by atoms with E-state index in [1.165, 1.54) is 0 Å². The Balaban J connectivity index is 2.16. The van der Waals surface area contributed by atoms with E-state index in [4.69, 9.17) is 5.26 Å². The van der Waals surface area contributed by atoms with Crippen molar-refractivity contribution in [1.29, 1.82) is 5.26 Å². The van der Waals surface area contributed by atoms with E-state index in [-0.39, 0.29) is 0 Å². The first-order valence-electron chi connectivity index (χ1n) is 5.76. The fourth-order valence-electron chi connectivity index (χ4n) is 2.12. The average molecular weight is 233 g/mol. The van der Waals surface area contributed by atoms with E-state index in [0.29, 0.717) is 6.42 Å². The maximum atomic E-state index is 8.81. The highest BCUT2D eigenvalue weighted by molar-refractivity contribution is 5.88. The first kappa shape index (κ1) is 10.5. The number of aromatic amines is 1. The summed E-state index contributed by atoms with van der Waals surface area (Å²) in [6.07, 6.45) is 5.94. The number of aromatic nitrogens is 2. The van der Waals surface area contributed by atoms with E-state index in [1.807, 2.05) is 30.6 Å². The van der Waals surface area contributed by atoms with Crippen molar-refractivity contribution in [3.05, 3.63) is 54.5 Å². The second-order valence-corrected chi connectivity index (χ2v) is 4.15. The average Bonchev–Trinajstić information content (AvgIpc) is 2.83. The van der Waals surface area contributed by atoms with Crippen LogP contribution in [0, 0.1) is 11.3 Å². The molecule has 0 aliphatic carbocycles. The van der Waals surface area contributed by atoms with Crippen LogP contribution in [0.15, 0.2) is 48.9 Å². The van der Waals surface area contributed by atoms with Crippen molar-refractivity contribution >= 4 is 10.9 Å². The zero-order chi connectivity index (χ0) is 12.4. The minimum atomic E-state index is 0.427. The summed E-state index contributed by atoms with van der Waals surface area (Å²) in [6.45, 7) is 0. The molecular formula is C15H11N3. The minimum absolute atomic E-state index is 0.427. The molecule has 18 heavy (non-hydrogen) atoms. The lowest BCUT2D eigenvalue weighted by molar-refractivity contribution is 1.28. The molecule has 3 rings (SSSR count). The SMILES string of the molecule is N#CCc1c[nH]c2ccc(-c3cccnc3)cc12. The zero-order valence-corrected chi connectivity index (χ0v) is 9.72. The van der Waals surface area contributed by atoms with Gasteiger partial charge in [-0.05, 0) is 29.3 Å². The monoisotopic (exact) mass is 233 g/mol. The lowest BCUT2D eigenvalue weighted by atomic mass is 10.0. The molecule has 0 unspecified atom stereocenters. The van der Waals surface area contributed by atoms with Gasteiger partial charge in [-0.25, -0.2) is 0 Å². The second-order valence-electron chi connectivity index (χ2n) is 4.15. The maximum Gasteiger partial charge on any atom is 0.0670 e. The van der Waals surface area contributed by atoms with Crippen LogP contribution in [0.25, 0.3) is 22.0 Å². The normalized spacial score (nSPS) is 10.4. The van der Waals surface area contributed by atoms with Crippen molar-refractivity contribution in [3.63, 3.8) is 0 Å². The van der Waals surface area contributed by atoms with Gasteiger partial charge >= 0.3 is 0 Å². The maximum absolute atomic E-state index is 8.81. The summed E-state index contributed by atoms with van der Waals surface area (Å²) in [7, 11) is 0. The molecule has 0 radical (unpaired) electrons. The summed E-state index contributed by atoms with van der Waals surface area (Å²) in [5, 5.41) is 9.92. The fourth-order valence-corrected chi connectivity index (χ4v) is 2.12. The summed E-state index contributed by atoms with van der Waals surface area (Å²) in [5.41, 5.74) is 4.31. The van der Waals surface area contributed by atoms with Gasteiger partial charge in [-0.3, -0.25) is 4.98 Å². The van der Waals surface area contributed by atoms with Gasteiger partial charge in [0.25, 0.3) is 0 Å². The van der Waals surface area contributed by atoms with Crippen molar-refractivity contribution in [2.45, 2.75) is 6.42 Å². The van der Waals surface area contributed by atoms with Crippen molar-refractivity contribution in [2.75, 3.05) is 0 Å². The van der Waals surface area contributed by atoms with Gasteiger partial charge in [0.2, 0.25) is 0 Å². The number of nitrogens with one attached hydrogen (secondary N) is 1. The highest BCUT2D eigenvalue weighted by Crippen LogP contribution is 2.25. The molecule has 2 heterocycles. The lowest BCUT2D eigenvalue weighted by Crippen LogP contribution is -1.81. The van der Waals surface area contributed by atoms with Crippen LogP contribution in [-0.4, -0.2) is 9.97 Å². The van der Waals surface area contributed by atoms with Crippen LogP contribution in [-0.2, 0) is 6.42 Å². The summed E-state index contributed by atoms with van der Waals surface area (Å²) in [5.74, 6) is 0. The van der Waals surface area contributed by atoms with Gasteiger partial charge in [0, 0.05) is 35.1 Å². The number of hydrogen-bond acceptors (Lipinski definition) is 2. The summed E-state index contributed by atoms with van der Waals surface area (Å²) in [4.78, 5) is 7.31. The fraction of sp³-hybridized carbons (Fsp3) is 0.0667. The van der Waals surface area contributed by atoms with Crippen molar-refractivity contribution in [2.24, 2.45) is 0 Å². The van der Waals surface area contributed by atoms with Gasteiger partial charge in [0.1, 0.15) is 0 Å². The number of nitriles is 1. The number of fused-ring (bicyclic) bond motifs is 1. The molecule has 0 spiro atoms. The van der Waals surface area contributed by atoms with Crippen LogP contribution < -0.4 is 0 Å². The third kappa shape index (κ3) is 1.74. The zero-order valence-electron chi connectivity index (χ0n) is 9.72. The van der Waals surface area contributed by atoms with E-state index in [9.17, 15) is 0 Å². The Morgan fingerprint density at radius 3 is 2.94 bits per heavy atom. The standard InChI is InChI=1S/C15H11N3/c16-6-5-13-10-18-15-4-3-11(8-14(13)15)12-2-1-7-17-9-12/h1-4,7-10,18H,5H2. The molecule has 0 atom stereocenters. The Hall–Kier alpha value is -2.60. The molecule has 0 bridgehead atoms. The summed E-state index contributed by atoms with van der Waals surface area (Å²) < 4.78 is 0. The molecular weight excluding hydrogens is 222 g/mol. The molecule has 0 amide bonds. The van der Waals surface area contributed by atoms with Gasteiger partial charge < -0.3 is 4.98 Å².